The number of ether oxygens (including phenoxy) is 2. The van der Waals surface area contributed by atoms with Crippen LogP contribution < -0.4 is 10.5 Å². The molecule has 1 saturated heterocycles. The molecule has 0 unspecified atom stereocenters. The molecule has 2 aromatic rings. The quantitative estimate of drug-likeness (QED) is 0.655. The fraction of sp³-hybridized carbons (Fsp3) is 0.364. The number of fused-ring (bicyclic) bond motifs is 1. The first-order valence-electron chi connectivity index (χ1n) is 5.95. The van der Waals surface area contributed by atoms with Gasteiger partial charge >= 0.3 is 0 Å². The molecule has 0 amide bonds. The third-order valence-electron chi connectivity index (χ3n) is 3.13. The molecule has 1 aliphatic rings. The van der Waals surface area contributed by atoms with E-state index in [1.165, 1.54) is 17.8 Å². The van der Waals surface area contributed by atoms with E-state index in [2.05, 4.69) is 15.1 Å². The van der Waals surface area contributed by atoms with Crippen LogP contribution in [0.2, 0.25) is 0 Å². The smallest absolute Gasteiger partial charge is 0.262 e. The third kappa shape index (κ3) is 1.91. The maximum Gasteiger partial charge on any atom is 0.262 e. The van der Waals surface area contributed by atoms with Gasteiger partial charge in [0.25, 0.3) is 5.88 Å². The van der Waals surface area contributed by atoms with Crippen LogP contribution in [-0.4, -0.2) is 49.2 Å². The van der Waals surface area contributed by atoms with Crippen LogP contribution in [0.15, 0.2) is 18.2 Å². The highest BCUT2D eigenvalue weighted by molar-refractivity contribution is 5.51. The van der Waals surface area contributed by atoms with Crippen molar-refractivity contribution in [3.05, 3.63) is 23.9 Å². The van der Waals surface area contributed by atoms with Crippen LogP contribution in [0.4, 0.5) is 10.3 Å². The topological polar surface area (TPSA) is 128 Å². The Bertz CT molecular complexity index is 718. The second-order valence-corrected chi connectivity index (χ2v) is 4.36. The SMILES string of the molecule is COc1nc(N)nn2c([C@@H]3O/C(=C/O)[C@@H](O)[C@H]3F)cnc12. The summed E-state index contributed by atoms with van der Waals surface area (Å²) in [6.07, 6.45) is -2.70. The van der Waals surface area contributed by atoms with Gasteiger partial charge in [-0.2, -0.15) is 4.98 Å². The van der Waals surface area contributed by atoms with Gasteiger partial charge < -0.3 is 25.4 Å². The van der Waals surface area contributed by atoms with Crippen molar-refractivity contribution in [2.75, 3.05) is 12.8 Å². The van der Waals surface area contributed by atoms with Crippen LogP contribution >= 0.6 is 0 Å². The maximum absolute atomic E-state index is 14.1. The predicted octanol–water partition coefficient (Wildman–Crippen LogP) is -0.115. The lowest BCUT2D eigenvalue weighted by molar-refractivity contribution is 0.0852. The zero-order valence-electron chi connectivity index (χ0n) is 10.8. The second-order valence-electron chi connectivity index (χ2n) is 4.36. The minimum Gasteiger partial charge on any atom is -0.512 e. The second kappa shape index (κ2) is 4.74. The van der Waals surface area contributed by atoms with E-state index in [1.807, 2.05) is 0 Å². The summed E-state index contributed by atoms with van der Waals surface area (Å²) < 4.78 is 25.6. The number of hydrogen-bond donors (Lipinski definition) is 3. The first-order chi connectivity index (χ1) is 10.1. The molecule has 1 aliphatic heterocycles. The lowest BCUT2D eigenvalue weighted by Crippen LogP contribution is -2.21. The number of nitrogens with two attached hydrogens (primary N) is 1. The van der Waals surface area contributed by atoms with Crippen LogP contribution in [0.5, 0.6) is 5.88 Å². The predicted molar refractivity (Wildman–Crippen MR) is 67.2 cm³/mol. The van der Waals surface area contributed by atoms with Gasteiger partial charge in [0, 0.05) is 0 Å². The van der Waals surface area contributed by atoms with Crippen molar-refractivity contribution in [3.8, 4) is 5.88 Å². The Balaban J connectivity index is 2.12. The van der Waals surface area contributed by atoms with Crippen molar-refractivity contribution >= 4 is 11.6 Å². The van der Waals surface area contributed by atoms with Crippen LogP contribution in [0.1, 0.15) is 11.8 Å². The molecule has 0 aliphatic carbocycles. The summed E-state index contributed by atoms with van der Waals surface area (Å²) in [6.45, 7) is 0. The number of imidazole rings is 1. The molecule has 9 nitrogen and oxygen atoms in total. The van der Waals surface area contributed by atoms with Crippen molar-refractivity contribution < 1.29 is 24.1 Å². The molecule has 21 heavy (non-hydrogen) atoms. The van der Waals surface area contributed by atoms with Crippen molar-refractivity contribution in [2.45, 2.75) is 18.4 Å². The number of anilines is 1. The number of rotatable bonds is 2. The van der Waals surface area contributed by atoms with Crippen molar-refractivity contribution in [1.82, 2.24) is 19.6 Å². The van der Waals surface area contributed by atoms with Crippen LogP contribution in [0.3, 0.4) is 0 Å². The zero-order chi connectivity index (χ0) is 15.1. The largest absolute Gasteiger partial charge is 0.512 e. The number of aromatic nitrogens is 4. The molecular formula is C11H12FN5O4. The average Bonchev–Trinajstić information content (AvgIpc) is 3.01. The summed E-state index contributed by atoms with van der Waals surface area (Å²) in [6, 6.07) is 0. The van der Waals surface area contributed by atoms with E-state index in [1.54, 1.807) is 0 Å². The first kappa shape index (κ1) is 13.4. The summed E-state index contributed by atoms with van der Waals surface area (Å²) >= 11 is 0. The number of methoxy groups -OCH3 is 1. The summed E-state index contributed by atoms with van der Waals surface area (Å²) in [5.74, 6) is -0.234. The molecule has 10 heteroatoms. The molecule has 0 bridgehead atoms. The van der Waals surface area contributed by atoms with Gasteiger partial charge in [-0.05, 0) is 0 Å². The van der Waals surface area contributed by atoms with E-state index in [4.69, 9.17) is 20.3 Å². The lowest BCUT2D eigenvalue weighted by Gasteiger charge is -2.12. The lowest BCUT2D eigenvalue weighted by atomic mass is 10.1. The van der Waals surface area contributed by atoms with Gasteiger partial charge in [0.2, 0.25) is 11.6 Å². The summed E-state index contributed by atoms with van der Waals surface area (Å²) in [5, 5.41) is 22.5. The molecule has 4 N–H and O–H groups in total. The molecule has 3 heterocycles. The number of aliphatic hydroxyl groups is 2. The number of nitrogen functional groups attached to an aromatic ring is 1. The molecular weight excluding hydrogens is 285 g/mol. The number of nitrogens with zero attached hydrogens (tertiary/aromatic N) is 4. The Kier molecular flexibility index (Phi) is 3.01. The number of halogens is 1. The number of alkyl halides is 1. The van der Waals surface area contributed by atoms with Crippen molar-refractivity contribution in [3.63, 3.8) is 0 Å². The summed E-state index contributed by atoms with van der Waals surface area (Å²) in [7, 11) is 1.39. The maximum atomic E-state index is 14.1. The molecule has 3 atom stereocenters. The molecule has 0 saturated carbocycles. The first-order valence-corrected chi connectivity index (χ1v) is 5.95. The van der Waals surface area contributed by atoms with Crippen LogP contribution in [0.25, 0.3) is 5.65 Å². The van der Waals surface area contributed by atoms with E-state index in [0.717, 1.165) is 0 Å². The van der Waals surface area contributed by atoms with Gasteiger partial charge in [0.1, 0.15) is 18.1 Å². The van der Waals surface area contributed by atoms with E-state index < -0.39 is 18.4 Å². The third-order valence-corrected chi connectivity index (χ3v) is 3.13. The average molecular weight is 297 g/mol. The van der Waals surface area contributed by atoms with Crippen molar-refractivity contribution in [1.29, 1.82) is 0 Å². The molecule has 3 rings (SSSR count). The molecule has 0 aromatic carbocycles. The van der Waals surface area contributed by atoms with Gasteiger partial charge in [0.05, 0.1) is 13.3 Å². The monoisotopic (exact) mass is 297 g/mol. The van der Waals surface area contributed by atoms with Crippen LogP contribution in [0, 0.1) is 0 Å². The highest BCUT2D eigenvalue weighted by atomic mass is 19.1. The Morgan fingerprint density at radius 1 is 1.57 bits per heavy atom. The molecule has 0 spiro atoms. The van der Waals surface area contributed by atoms with Crippen molar-refractivity contribution in [2.24, 2.45) is 0 Å². The van der Waals surface area contributed by atoms with E-state index in [9.17, 15) is 9.50 Å². The fourth-order valence-electron chi connectivity index (χ4n) is 2.15. The Morgan fingerprint density at radius 2 is 2.33 bits per heavy atom. The van der Waals surface area contributed by atoms with E-state index in [0.29, 0.717) is 6.26 Å². The van der Waals surface area contributed by atoms with E-state index >= 15 is 0 Å². The molecule has 112 valence electrons. The normalized spacial score (nSPS) is 27.2. The highest BCUT2D eigenvalue weighted by Gasteiger charge is 2.44. The van der Waals surface area contributed by atoms with Gasteiger partial charge in [-0.1, -0.05) is 0 Å². The van der Waals surface area contributed by atoms with E-state index in [-0.39, 0.29) is 28.9 Å². The Labute approximate surface area is 117 Å². The molecule has 1 fully saturated rings. The Morgan fingerprint density at radius 3 is 2.95 bits per heavy atom. The zero-order valence-corrected chi connectivity index (χ0v) is 10.8. The van der Waals surface area contributed by atoms with Gasteiger partial charge in [-0.15, -0.1) is 5.10 Å². The molecule has 2 aromatic heterocycles. The molecule has 0 radical (unpaired) electrons. The summed E-state index contributed by atoms with van der Waals surface area (Å²) in [4.78, 5) is 7.88. The fourth-order valence-corrected chi connectivity index (χ4v) is 2.15. The standard InChI is InChI=1S/C11H12FN5O4/c1-20-10-9-14-2-4(17(9)16-11(13)15-10)8-6(12)7(19)5(3-18)21-8/h2-3,6-8,18-19H,1H3,(H2,13,16)/b5-3+/t6-,7-,8+/m1/s1. The van der Waals surface area contributed by atoms with Gasteiger partial charge in [0.15, 0.2) is 18.0 Å². The minimum atomic E-state index is -1.79. The minimum absolute atomic E-state index is 0.0922. The number of aliphatic hydroxyl groups excluding tert-OH is 2. The summed E-state index contributed by atoms with van der Waals surface area (Å²) in [5.41, 5.74) is 6.00. The van der Waals surface area contributed by atoms with Gasteiger partial charge in [-0.3, -0.25) is 0 Å². The number of hydrogen-bond acceptors (Lipinski definition) is 8. The Hall–Kier alpha value is -2.62. The highest BCUT2D eigenvalue weighted by Crippen LogP contribution is 2.38. The van der Waals surface area contributed by atoms with Gasteiger partial charge in [-0.25, -0.2) is 13.9 Å². The van der Waals surface area contributed by atoms with Crippen LogP contribution in [-0.2, 0) is 4.74 Å².